The van der Waals surface area contributed by atoms with E-state index in [9.17, 15) is 9.59 Å². The number of benzene rings is 2. The summed E-state index contributed by atoms with van der Waals surface area (Å²) < 4.78 is 1.01. The van der Waals surface area contributed by atoms with Crippen LogP contribution in [-0.4, -0.2) is 36.0 Å². The molecule has 2 aromatic rings. The fraction of sp³-hybridized carbons (Fsp3) is 0.364. The van der Waals surface area contributed by atoms with Crippen LogP contribution in [0.4, 0.5) is 11.4 Å². The van der Waals surface area contributed by atoms with Crippen molar-refractivity contribution in [3.63, 3.8) is 0 Å². The van der Waals surface area contributed by atoms with Gasteiger partial charge in [0.1, 0.15) is 6.17 Å². The van der Waals surface area contributed by atoms with Crippen LogP contribution in [0.1, 0.15) is 52.5 Å². The predicted molar refractivity (Wildman–Crippen MR) is 115 cm³/mol. The van der Waals surface area contributed by atoms with Crippen molar-refractivity contribution in [2.75, 3.05) is 23.3 Å². The van der Waals surface area contributed by atoms with Crippen molar-refractivity contribution >= 4 is 39.1 Å². The molecule has 0 bridgehead atoms. The van der Waals surface area contributed by atoms with Gasteiger partial charge in [-0.2, -0.15) is 0 Å². The molecule has 1 N–H and O–H groups in total. The molecular formula is C22H24BrN3O2. The Balaban J connectivity index is 1.65. The topological polar surface area (TPSA) is 52.7 Å². The van der Waals surface area contributed by atoms with Gasteiger partial charge in [0.2, 0.25) is 0 Å². The van der Waals surface area contributed by atoms with E-state index < -0.39 is 0 Å². The number of carbonyl (C=O) groups excluding carboxylic acids is 2. The van der Waals surface area contributed by atoms with Gasteiger partial charge in [-0.1, -0.05) is 15.9 Å². The smallest absolute Gasteiger partial charge is 0.257 e. The first-order chi connectivity index (χ1) is 13.5. The number of rotatable bonds is 3. The fourth-order valence-corrected chi connectivity index (χ4v) is 4.43. The second kappa shape index (κ2) is 7.59. The summed E-state index contributed by atoms with van der Waals surface area (Å²) in [7, 11) is 0. The van der Waals surface area contributed by atoms with Gasteiger partial charge in [0.05, 0.1) is 11.3 Å². The normalized spacial score (nSPS) is 18.5. The Kier molecular flexibility index (Phi) is 5.15. The van der Waals surface area contributed by atoms with Gasteiger partial charge >= 0.3 is 0 Å². The van der Waals surface area contributed by atoms with Crippen molar-refractivity contribution in [1.29, 1.82) is 0 Å². The Hall–Kier alpha value is -2.34. The SMILES string of the molecule is CCN1c2cc(C(=O)Nc3ccc(Br)c(C)c3)ccc2C(=O)N2CCCCC21. The van der Waals surface area contributed by atoms with Crippen LogP contribution >= 0.6 is 15.9 Å². The van der Waals surface area contributed by atoms with Crippen LogP contribution in [0.25, 0.3) is 0 Å². The number of piperidine rings is 1. The summed E-state index contributed by atoms with van der Waals surface area (Å²) in [5.74, 6) is -0.0843. The van der Waals surface area contributed by atoms with Gasteiger partial charge in [-0.25, -0.2) is 0 Å². The highest BCUT2D eigenvalue weighted by Gasteiger charge is 2.38. The third-order valence-corrected chi connectivity index (χ3v) is 6.54. The lowest BCUT2D eigenvalue weighted by Crippen LogP contribution is -2.57. The Morgan fingerprint density at radius 3 is 2.79 bits per heavy atom. The molecule has 1 fully saturated rings. The molecule has 1 unspecified atom stereocenters. The van der Waals surface area contributed by atoms with Crippen molar-refractivity contribution in [3.8, 4) is 0 Å². The molecule has 0 aliphatic carbocycles. The highest BCUT2D eigenvalue weighted by atomic mass is 79.9. The molecule has 28 heavy (non-hydrogen) atoms. The number of carbonyl (C=O) groups is 2. The van der Waals surface area contributed by atoms with Crippen LogP contribution in [0.3, 0.4) is 0 Å². The Bertz CT molecular complexity index is 943. The molecule has 1 atom stereocenters. The van der Waals surface area contributed by atoms with E-state index in [1.54, 1.807) is 12.1 Å². The lowest BCUT2D eigenvalue weighted by molar-refractivity contribution is 0.0582. The summed E-state index contributed by atoms with van der Waals surface area (Å²) in [6.45, 7) is 5.70. The molecular weight excluding hydrogens is 418 g/mol. The zero-order valence-electron chi connectivity index (χ0n) is 16.2. The van der Waals surface area contributed by atoms with Crippen molar-refractivity contribution in [1.82, 2.24) is 4.90 Å². The van der Waals surface area contributed by atoms with Crippen LogP contribution in [0, 0.1) is 6.92 Å². The van der Waals surface area contributed by atoms with Gasteiger partial charge in [0, 0.05) is 28.8 Å². The number of anilines is 2. The Morgan fingerprint density at radius 1 is 1.21 bits per heavy atom. The van der Waals surface area contributed by atoms with Gasteiger partial charge < -0.3 is 15.1 Å². The van der Waals surface area contributed by atoms with Gasteiger partial charge in [0.25, 0.3) is 11.8 Å². The first-order valence-electron chi connectivity index (χ1n) is 9.78. The largest absolute Gasteiger partial charge is 0.351 e. The summed E-state index contributed by atoms with van der Waals surface area (Å²) in [5, 5.41) is 2.96. The summed E-state index contributed by atoms with van der Waals surface area (Å²) in [4.78, 5) is 30.0. The number of nitrogens with zero attached hydrogens (tertiary/aromatic N) is 2. The van der Waals surface area contributed by atoms with Crippen molar-refractivity contribution in [2.45, 2.75) is 39.3 Å². The summed E-state index contributed by atoms with van der Waals surface area (Å²) in [6.07, 6.45) is 3.27. The molecule has 0 spiro atoms. The molecule has 6 heteroatoms. The van der Waals surface area contributed by atoms with Crippen LogP contribution in [0.5, 0.6) is 0 Å². The number of fused-ring (bicyclic) bond motifs is 2. The van der Waals surface area contributed by atoms with E-state index in [-0.39, 0.29) is 18.0 Å². The maximum Gasteiger partial charge on any atom is 0.257 e. The quantitative estimate of drug-likeness (QED) is 0.743. The minimum absolute atomic E-state index is 0.0832. The molecule has 0 aromatic heterocycles. The van der Waals surface area contributed by atoms with E-state index in [4.69, 9.17) is 0 Å². The summed E-state index contributed by atoms with van der Waals surface area (Å²) in [5.41, 5.74) is 3.94. The van der Waals surface area contributed by atoms with Gasteiger partial charge in [-0.05, 0) is 75.1 Å². The molecule has 2 aromatic carbocycles. The van der Waals surface area contributed by atoms with Crippen LogP contribution in [0.2, 0.25) is 0 Å². The van der Waals surface area contributed by atoms with Crippen molar-refractivity contribution < 1.29 is 9.59 Å². The average Bonchev–Trinajstić information content (AvgIpc) is 2.71. The molecule has 2 aliphatic heterocycles. The summed E-state index contributed by atoms with van der Waals surface area (Å²) >= 11 is 3.48. The number of hydrogen-bond donors (Lipinski definition) is 1. The predicted octanol–water partition coefficient (Wildman–Crippen LogP) is 4.80. The molecule has 2 heterocycles. The molecule has 2 amide bonds. The van der Waals surface area contributed by atoms with Gasteiger partial charge in [-0.3, -0.25) is 9.59 Å². The lowest BCUT2D eigenvalue weighted by atomic mass is 9.97. The van der Waals surface area contributed by atoms with Gasteiger partial charge in [-0.15, -0.1) is 0 Å². The lowest BCUT2D eigenvalue weighted by Gasteiger charge is -2.47. The Morgan fingerprint density at radius 2 is 2.04 bits per heavy atom. The van der Waals surface area contributed by atoms with E-state index in [0.717, 1.165) is 53.8 Å². The van der Waals surface area contributed by atoms with Crippen molar-refractivity contribution in [2.24, 2.45) is 0 Å². The van der Waals surface area contributed by atoms with Crippen LogP contribution in [0.15, 0.2) is 40.9 Å². The highest BCUT2D eigenvalue weighted by molar-refractivity contribution is 9.10. The molecule has 0 radical (unpaired) electrons. The number of nitrogens with one attached hydrogen (secondary N) is 1. The zero-order chi connectivity index (χ0) is 19.8. The number of halogens is 1. The van der Waals surface area contributed by atoms with Gasteiger partial charge in [0.15, 0.2) is 0 Å². The highest BCUT2D eigenvalue weighted by Crippen LogP contribution is 2.36. The number of hydrogen-bond acceptors (Lipinski definition) is 3. The fourth-order valence-electron chi connectivity index (χ4n) is 4.19. The number of aryl methyl sites for hydroxylation is 1. The zero-order valence-corrected chi connectivity index (χ0v) is 17.8. The first kappa shape index (κ1) is 19.0. The Labute approximate surface area is 173 Å². The molecule has 5 nitrogen and oxygen atoms in total. The van der Waals surface area contributed by atoms with Crippen LogP contribution in [-0.2, 0) is 0 Å². The van der Waals surface area contributed by atoms with E-state index in [2.05, 4.69) is 33.1 Å². The van der Waals surface area contributed by atoms with E-state index >= 15 is 0 Å². The van der Waals surface area contributed by atoms with Crippen molar-refractivity contribution in [3.05, 3.63) is 57.6 Å². The summed E-state index contributed by atoms with van der Waals surface area (Å²) in [6, 6.07) is 11.1. The average molecular weight is 442 g/mol. The minimum atomic E-state index is -0.168. The second-order valence-electron chi connectivity index (χ2n) is 7.41. The van der Waals surface area contributed by atoms with Crippen LogP contribution < -0.4 is 10.2 Å². The standard InChI is InChI=1S/C22H24BrN3O2/c1-3-25-19-13-15(21(27)24-16-8-10-18(23)14(2)12-16)7-9-17(19)22(28)26-11-5-4-6-20(25)26/h7-10,12-13,20H,3-6,11H2,1-2H3,(H,24,27). The molecule has 1 saturated heterocycles. The number of amides is 2. The third-order valence-electron chi connectivity index (χ3n) is 5.65. The van der Waals surface area contributed by atoms with E-state index in [1.165, 1.54) is 0 Å². The maximum absolute atomic E-state index is 12.9. The first-order valence-corrected chi connectivity index (χ1v) is 10.6. The van der Waals surface area contributed by atoms with E-state index in [0.29, 0.717) is 11.1 Å². The maximum atomic E-state index is 12.9. The minimum Gasteiger partial charge on any atom is -0.351 e. The third kappa shape index (κ3) is 3.30. The molecule has 146 valence electrons. The molecule has 4 rings (SSSR count). The monoisotopic (exact) mass is 441 g/mol. The molecule has 2 aliphatic rings. The second-order valence-corrected chi connectivity index (χ2v) is 8.27. The molecule has 0 saturated carbocycles. The van der Waals surface area contributed by atoms with E-state index in [1.807, 2.05) is 36.1 Å².